The maximum absolute atomic E-state index is 12.1. The molecule has 0 aliphatic rings. The third-order valence-corrected chi connectivity index (χ3v) is 2.61. The molecule has 0 bridgehead atoms. The van der Waals surface area contributed by atoms with Gasteiger partial charge in [0, 0.05) is 39.2 Å². The van der Waals surface area contributed by atoms with Crippen LogP contribution in [-0.2, 0) is 0 Å². The second-order valence-electron chi connectivity index (χ2n) is 3.55. The Morgan fingerprint density at radius 3 is 1.69 bits per heavy atom. The molecule has 16 heavy (non-hydrogen) atoms. The van der Waals surface area contributed by atoms with Crippen LogP contribution in [0.4, 0.5) is 0 Å². The van der Waals surface area contributed by atoms with Crippen LogP contribution in [0, 0.1) is 0 Å². The molecule has 2 nitrogen and oxygen atoms in total. The average Bonchev–Trinajstić information content (AvgIpc) is 2.30. The smallest absolute Gasteiger partial charge is 0.197 e. The molecule has 0 unspecified atom stereocenters. The van der Waals surface area contributed by atoms with Crippen LogP contribution in [0.5, 0.6) is 0 Å². The van der Waals surface area contributed by atoms with Gasteiger partial charge in [0.15, 0.2) is 5.43 Å². The van der Waals surface area contributed by atoms with Gasteiger partial charge < -0.3 is 4.98 Å². The normalized spacial score (nSPS) is 10.2. The molecule has 3 heteroatoms. The Hall–Kier alpha value is -1.56. The lowest BCUT2D eigenvalue weighted by atomic mass is 10.1. The maximum atomic E-state index is 12.1. The summed E-state index contributed by atoms with van der Waals surface area (Å²) in [4.78, 5) is 15.3. The fourth-order valence-corrected chi connectivity index (χ4v) is 1.87. The molecule has 3 radical (unpaired) electrons. The van der Waals surface area contributed by atoms with E-state index in [1.54, 1.807) is 0 Å². The predicted molar refractivity (Wildman–Crippen MR) is 67.8 cm³/mol. The number of para-hydroxylation sites is 2. The highest BCUT2D eigenvalue weighted by Gasteiger charge is 2.02. The molecule has 75 valence electrons. The highest BCUT2D eigenvalue weighted by molar-refractivity contribution is 5.92. The van der Waals surface area contributed by atoms with Crippen LogP contribution in [0.15, 0.2) is 53.3 Å². The van der Waals surface area contributed by atoms with E-state index in [9.17, 15) is 4.79 Å². The first-order valence-corrected chi connectivity index (χ1v) is 4.86. The van der Waals surface area contributed by atoms with E-state index in [0.29, 0.717) is 0 Å². The number of benzene rings is 2. The third kappa shape index (κ3) is 1.55. The van der Waals surface area contributed by atoms with Crippen molar-refractivity contribution < 1.29 is 0 Å². The second kappa shape index (κ2) is 4.13. The zero-order valence-corrected chi connectivity index (χ0v) is 9.76. The largest absolute Gasteiger partial charge is 0.354 e. The summed E-state index contributed by atoms with van der Waals surface area (Å²) in [6.07, 6.45) is 0. The Morgan fingerprint density at radius 1 is 0.750 bits per heavy atom. The lowest BCUT2D eigenvalue weighted by molar-refractivity contribution is 1.48. The molecule has 0 amide bonds. The van der Waals surface area contributed by atoms with E-state index in [1.807, 2.05) is 48.5 Å². The molecule has 2 aromatic carbocycles. The molecule has 0 saturated carbocycles. The monoisotopic (exact) mass is 222 g/mol. The van der Waals surface area contributed by atoms with Gasteiger partial charge in [-0.05, 0) is 24.3 Å². The minimum Gasteiger partial charge on any atom is -0.354 e. The first kappa shape index (κ1) is 10.9. The average molecular weight is 222 g/mol. The summed E-state index contributed by atoms with van der Waals surface area (Å²) in [5.74, 6) is 0. The standard InChI is InChI=1S/C13H9NO.Al/c15-13-9-5-1-3-7-11(9)14-12-8-4-2-6-10(12)13;/h1-8H,(H,14,15);. The van der Waals surface area contributed by atoms with E-state index in [2.05, 4.69) is 4.98 Å². The molecule has 0 fully saturated rings. The van der Waals surface area contributed by atoms with Crippen molar-refractivity contribution in [2.75, 3.05) is 0 Å². The van der Waals surface area contributed by atoms with Gasteiger partial charge >= 0.3 is 0 Å². The minimum absolute atomic E-state index is 0. The molecule has 1 heterocycles. The number of hydrogen-bond donors (Lipinski definition) is 1. The molecule has 1 N–H and O–H groups in total. The van der Waals surface area contributed by atoms with Crippen molar-refractivity contribution in [2.24, 2.45) is 0 Å². The molecule has 3 aromatic rings. The van der Waals surface area contributed by atoms with E-state index in [4.69, 9.17) is 0 Å². The fraction of sp³-hybridized carbons (Fsp3) is 0. The Morgan fingerprint density at radius 2 is 1.19 bits per heavy atom. The number of pyridine rings is 1. The summed E-state index contributed by atoms with van der Waals surface area (Å²) in [7, 11) is 0. The number of H-pyrrole nitrogens is 1. The molecule has 3 rings (SSSR count). The lowest BCUT2D eigenvalue weighted by Gasteiger charge is -2.01. The van der Waals surface area contributed by atoms with E-state index in [1.165, 1.54) is 0 Å². The van der Waals surface area contributed by atoms with Crippen molar-refractivity contribution in [1.82, 2.24) is 4.98 Å². The van der Waals surface area contributed by atoms with Gasteiger partial charge in [-0.2, -0.15) is 0 Å². The quantitative estimate of drug-likeness (QED) is 0.459. The zero-order valence-electron chi connectivity index (χ0n) is 8.60. The van der Waals surface area contributed by atoms with Crippen molar-refractivity contribution in [2.45, 2.75) is 0 Å². The highest BCUT2D eigenvalue weighted by atomic mass is 27.0. The number of hydrogen-bond acceptors (Lipinski definition) is 1. The zero-order chi connectivity index (χ0) is 10.3. The van der Waals surface area contributed by atoms with Crippen LogP contribution in [0.1, 0.15) is 0 Å². The van der Waals surface area contributed by atoms with Crippen LogP contribution in [-0.4, -0.2) is 22.3 Å². The summed E-state index contributed by atoms with van der Waals surface area (Å²) in [5.41, 5.74) is 1.88. The van der Waals surface area contributed by atoms with Crippen molar-refractivity contribution in [1.29, 1.82) is 0 Å². The van der Waals surface area contributed by atoms with Crippen molar-refractivity contribution in [3.8, 4) is 0 Å². The molecular formula is C13H9AlNO. The van der Waals surface area contributed by atoms with E-state index in [-0.39, 0.29) is 22.8 Å². The number of rotatable bonds is 0. The minimum atomic E-state index is 0. The van der Waals surface area contributed by atoms with E-state index >= 15 is 0 Å². The number of aromatic amines is 1. The van der Waals surface area contributed by atoms with Crippen molar-refractivity contribution in [3.05, 3.63) is 58.8 Å². The van der Waals surface area contributed by atoms with Gasteiger partial charge in [-0.3, -0.25) is 4.79 Å². The van der Waals surface area contributed by atoms with Gasteiger partial charge in [0.2, 0.25) is 0 Å². The van der Waals surface area contributed by atoms with Crippen LogP contribution >= 0.6 is 0 Å². The van der Waals surface area contributed by atoms with E-state index in [0.717, 1.165) is 21.8 Å². The van der Waals surface area contributed by atoms with Gasteiger partial charge in [0.1, 0.15) is 0 Å². The van der Waals surface area contributed by atoms with Crippen LogP contribution < -0.4 is 5.43 Å². The number of nitrogens with one attached hydrogen (secondary N) is 1. The maximum Gasteiger partial charge on any atom is 0.197 e. The van der Waals surface area contributed by atoms with Crippen molar-refractivity contribution in [3.63, 3.8) is 0 Å². The molecule has 0 aliphatic carbocycles. The first-order valence-electron chi connectivity index (χ1n) is 4.86. The third-order valence-electron chi connectivity index (χ3n) is 2.61. The second-order valence-corrected chi connectivity index (χ2v) is 3.55. The molecule has 0 spiro atoms. The topological polar surface area (TPSA) is 32.9 Å². The molecule has 0 aliphatic heterocycles. The summed E-state index contributed by atoms with van der Waals surface area (Å²) >= 11 is 0. The highest BCUT2D eigenvalue weighted by Crippen LogP contribution is 2.13. The van der Waals surface area contributed by atoms with E-state index < -0.39 is 0 Å². The summed E-state index contributed by atoms with van der Waals surface area (Å²) in [5, 5.41) is 1.49. The lowest BCUT2D eigenvalue weighted by Crippen LogP contribution is -2.03. The van der Waals surface area contributed by atoms with Crippen LogP contribution in [0.3, 0.4) is 0 Å². The SMILES string of the molecule is O=c1c2ccccc2[nH]c2ccccc12.[Al]. The van der Waals surface area contributed by atoms with Gasteiger partial charge in [-0.25, -0.2) is 0 Å². The van der Waals surface area contributed by atoms with Gasteiger partial charge in [-0.15, -0.1) is 0 Å². The molecular weight excluding hydrogens is 213 g/mol. The Bertz CT molecular complexity index is 646. The first-order chi connectivity index (χ1) is 7.36. The van der Waals surface area contributed by atoms with Crippen LogP contribution in [0.2, 0.25) is 0 Å². The van der Waals surface area contributed by atoms with Crippen LogP contribution in [0.25, 0.3) is 21.8 Å². The molecule has 0 saturated heterocycles. The summed E-state index contributed by atoms with van der Waals surface area (Å²) in [6.45, 7) is 0. The molecule has 1 aromatic heterocycles. The Labute approximate surface area is 103 Å². The van der Waals surface area contributed by atoms with Gasteiger partial charge in [0.25, 0.3) is 0 Å². The summed E-state index contributed by atoms with van der Waals surface area (Å²) < 4.78 is 0. The number of fused-ring (bicyclic) bond motifs is 2. The summed E-state index contributed by atoms with van der Waals surface area (Å²) in [6, 6.07) is 15.1. The predicted octanol–water partition coefficient (Wildman–Crippen LogP) is 2.30. The van der Waals surface area contributed by atoms with Gasteiger partial charge in [0.05, 0.1) is 0 Å². The van der Waals surface area contributed by atoms with Gasteiger partial charge in [-0.1, -0.05) is 24.3 Å². The Kier molecular flexibility index (Phi) is 2.83. The molecule has 0 atom stereocenters. The fourth-order valence-electron chi connectivity index (χ4n) is 1.87. The van der Waals surface area contributed by atoms with Crippen molar-refractivity contribution >= 4 is 39.2 Å². The Balaban J connectivity index is 0.000000963. The number of aromatic nitrogens is 1.